The number of likely N-dealkylation sites (tertiary alicyclic amines) is 1. The smallest absolute Gasteiger partial charge is 0.335 e. The molecule has 1 amide bonds. The summed E-state index contributed by atoms with van der Waals surface area (Å²) in [5.74, 6) is -0.845. The van der Waals surface area contributed by atoms with Crippen molar-refractivity contribution in [1.82, 2.24) is 30.8 Å². The fraction of sp³-hybridized carbons (Fsp3) is 0.375. The van der Waals surface area contributed by atoms with E-state index in [2.05, 4.69) is 67.4 Å². The van der Waals surface area contributed by atoms with Crippen LogP contribution in [0, 0.1) is 16.7 Å². The highest BCUT2D eigenvalue weighted by atomic mass is 35.5. The molecule has 3 fully saturated rings. The number of hydrogen-bond donors (Lipinski definition) is 4. The number of ether oxygens (including phenoxy) is 1. The molecule has 2 saturated heterocycles. The van der Waals surface area contributed by atoms with Crippen LogP contribution in [0.15, 0.2) is 89.6 Å². The molecule has 3 heterocycles. The number of carbonyl (C=O) groups excluding carboxylic acids is 1. The molecule has 53 heavy (non-hydrogen) atoms. The second kappa shape index (κ2) is 13.9. The van der Waals surface area contributed by atoms with Gasteiger partial charge in [0.25, 0.3) is 0 Å². The highest BCUT2D eigenvalue weighted by molar-refractivity contribution is 6.31. The summed E-state index contributed by atoms with van der Waals surface area (Å²) in [7, 11) is 1.46. The number of nitrogens with zero attached hydrogens (tertiary/aromatic N) is 4. The first-order valence-electron chi connectivity index (χ1n) is 18.0. The number of aromatic amines is 1. The Morgan fingerprint density at radius 2 is 1.87 bits per heavy atom. The van der Waals surface area contributed by atoms with Crippen LogP contribution in [0.5, 0.6) is 5.75 Å². The number of carbonyl (C=O) groups is 2. The van der Waals surface area contributed by atoms with Gasteiger partial charge in [0.2, 0.25) is 11.7 Å². The molecule has 2 aliphatic carbocycles. The number of fused-ring (bicyclic) bond motifs is 2. The normalized spacial score (nSPS) is 25.7. The first-order valence-corrected chi connectivity index (χ1v) is 18.7. The Kier molecular flexibility index (Phi) is 9.28. The zero-order valence-corrected chi connectivity index (χ0v) is 31.0. The number of allylic oxidation sites excluding steroid dienone is 4. The van der Waals surface area contributed by atoms with Gasteiger partial charge in [0, 0.05) is 57.7 Å². The van der Waals surface area contributed by atoms with Crippen LogP contribution in [0.2, 0.25) is 5.02 Å². The maximum absolute atomic E-state index is 14.8. The number of hydrogen-bond acceptors (Lipinski definition) is 8. The first kappa shape index (κ1) is 35.3. The van der Waals surface area contributed by atoms with Crippen LogP contribution in [-0.4, -0.2) is 68.2 Å². The topological polar surface area (TPSA) is 145 Å². The first-order chi connectivity index (χ1) is 25.6. The summed E-state index contributed by atoms with van der Waals surface area (Å²) >= 11 is 14.1. The molecular weight excluding hydrogens is 713 g/mol. The maximum atomic E-state index is 14.8. The highest BCUT2D eigenvalue weighted by Gasteiger charge is 2.66. The molecule has 13 heteroatoms. The van der Waals surface area contributed by atoms with Crippen molar-refractivity contribution in [3.63, 3.8) is 0 Å². The van der Waals surface area contributed by atoms with Crippen LogP contribution in [0.1, 0.15) is 66.4 Å². The van der Waals surface area contributed by atoms with Crippen molar-refractivity contribution < 1.29 is 19.4 Å². The predicted molar refractivity (Wildman–Crippen MR) is 203 cm³/mol. The van der Waals surface area contributed by atoms with Gasteiger partial charge in [-0.15, -0.1) is 10.2 Å². The molecule has 4 aromatic rings. The number of halogens is 2. The maximum Gasteiger partial charge on any atom is 0.335 e. The van der Waals surface area contributed by atoms with E-state index in [-0.39, 0.29) is 40.5 Å². The average molecular weight is 755 g/mol. The molecular formula is C40H41Cl2N7O4. The Labute approximate surface area is 317 Å². The van der Waals surface area contributed by atoms with Gasteiger partial charge in [-0.3, -0.25) is 4.79 Å². The van der Waals surface area contributed by atoms with Gasteiger partial charge in [-0.25, -0.2) is 4.79 Å². The fourth-order valence-electron chi connectivity index (χ4n) is 9.34. The molecule has 2 aliphatic heterocycles. The lowest BCUT2D eigenvalue weighted by Crippen LogP contribution is -2.48. The highest BCUT2D eigenvalue weighted by Crippen LogP contribution is 2.64. The van der Waals surface area contributed by atoms with Crippen molar-refractivity contribution in [2.24, 2.45) is 16.7 Å². The molecule has 1 unspecified atom stereocenters. The number of rotatable bonds is 10. The largest absolute Gasteiger partial charge is 0.495 e. The number of H-pyrrole nitrogens is 1. The van der Waals surface area contributed by atoms with Gasteiger partial charge in [-0.2, -0.15) is 5.21 Å². The summed E-state index contributed by atoms with van der Waals surface area (Å²) in [6, 6.07) is 19.8. The summed E-state index contributed by atoms with van der Waals surface area (Å²) in [4.78, 5) is 29.0. The van der Waals surface area contributed by atoms with Gasteiger partial charge < -0.3 is 25.4 Å². The molecule has 1 aromatic heterocycles. The van der Waals surface area contributed by atoms with E-state index in [9.17, 15) is 14.7 Å². The van der Waals surface area contributed by atoms with Crippen molar-refractivity contribution in [1.29, 1.82) is 0 Å². The molecule has 0 radical (unpaired) electrons. The van der Waals surface area contributed by atoms with Crippen LogP contribution in [-0.2, 0) is 11.3 Å². The Morgan fingerprint density at radius 3 is 2.55 bits per heavy atom. The number of methoxy groups -OCH3 is 1. The van der Waals surface area contributed by atoms with E-state index in [4.69, 9.17) is 27.9 Å². The van der Waals surface area contributed by atoms with Crippen LogP contribution >= 0.6 is 23.2 Å². The Morgan fingerprint density at radius 1 is 1.08 bits per heavy atom. The van der Waals surface area contributed by atoms with E-state index in [0.29, 0.717) is 36.0 Å². The molecule has 4 N–H and O–H groups in total. The van der Waals surface area contributed by atoms with Crippen LogP contribution < -0.4 is 15.4 Å². The minimum atomic E-state index is -1.08. The average Bonchev–Trinajstić information content (AvgIpc) is 3.86. The molecule has 1 saturated carbocycles. The standard InChI is InChI=1S/C40H41Cl2N7O4/c1-39(16-5-17-39)20-33-40(22-49(31-15-13-26(41)19-28(31)40)21-23-8-10-24(11-9-23)36-45-47-48-46-36)34(27-6-3-4-7-29(27)42)35(44-33)37(50)43-30-14-12-25(38(51)52)18-32(30)53-2/h3-4,6-15,18,28,33-35,44H,5,16-17,19-22H2,1-2H3,(H,43,50)(H,51,52)(H,45,46,47,48)/t28?,33-,34-,35+,40-/m0/s1. The number of aromatic nitrogens is 4. The molecule has 3 aromatic carbocycles. The van der Waals surface area contributed by atoms with Crippen molar-refractivity contribution in [2.45, 2.75) is 63.6 Å². The second-order valence-electron chi connectivity index (χ2n) is 15.1. The number of nitrogens with one attached hydrogen (secondary N) is 3. The summed E-state index contributed by atoms with van der Waals surface area (Å²) in [6.07, 6.45) is 9.16. The third kappa shape index (κ3) is 6.38. The van der Waals surface area contributed by atoms with Crippen molar-refractivity contribution in [3.8, 4) is 17.1 Å². The quantitative estimate of drug-likeness (QED) is 0.130. The Bertz CT molecular complexity index is 2100. The molecule has 0 bridgehead atoms. The molecule has 5 atom stereocenters. The SMILES string of the molecule is COc1cc(C(=O)O)ccc1NC(=O)[C@@H]1N[C@@H](CC2(C)CCC2)[C@@]2(CN(Cc3ccc(-c4nn[nH]n4)cc3)C3=CC=C(Cl)CC32)[C@H]1c1ccccc1Cl. The number of amides is 1. The number of benzene rings is 3. The van der Waals surface area contributed by atoms with Gasteiger partial charge in [-0.05, 0) is 83.9 Å². The summed E-state index contributed by atoms with van der Waals surface area (Å²) in [5, 5.41) is 32.5. The van der Waals surface area contributed by atoms with E-state index >= 15 is 0 Å². The van der Waals surface area contributed by atoms with Crippen molar-refractivity contribution in [3.05, 3.63) is 111 Å². The number of anilines is 1. The molecule has 1 spiro atoms. The zero-order valence-electron chi connectivity index (χ0n) is 29.5. The summed E-state index contributed by atoms with van der Waals surface area (Å²) in [6.45, 7) is 3.70. The van der Waals surface area contributed by atoms with Gasteiger partial charge in [0.15, 0.2) is 0 Å². The number of carboxylic acid groups (broad SMARTS) is 1. The van der Waals surface area contributed by atoms with Crippen molar-refractivity contribution >= 4 is 40.8 Å². The number of aromatic carboxylic acids is 1. The van der Waals surface area contributed by atoms with E-state index in [1.165, 1.54) is 31.4 Å². The predicted octanol–water partition coefficient (Wildman–Crippen LogP) is 7.40. The third-order valence-electron chi connectivity index (χ3n) is 12.0. The lowest BCUT2D eigenvalue weighted by Gasteiger charge is -2.47. The van der Waals surface area contributed by atoms with E-state index in [1.54, 1.807) is 6.07 Å². The molecule has 4 aliphatic rings. The molecule has 8 rings (SSSR count). The van der Waals surface area contributed by atoms with E-state index in [0.717, 1.165) is 41.0 Å². The molecule has 274 valence electrons. The monoisotopic (exact) mass is 753 g/mol. The van der Waals surface area contributed by atoms with E-state index < -0.39 is 17.4 Å². The molecule has 11 nitrogen and oxygen atoms in total. The zero-order chi connectivity index (χ0) is 36.9. The number of tetrazole rings is 1. The van der Waals surface area contributed by atoms with Crippen LogP contribution in [0.3, 0.4) is 0 Å². The van der Waals surface area contributed by atoms with Crippen LogP contribution in [0.25, 0.3) is 11.4 Å². The van der Waals surface area contributed by atoms with E-state index in [1.807, 2.05) is 36.4 Å². The van der Waals surface area contributed by atoms with Gasteiger partial charge >= 0.3 is 5.97 Å². The number of carboxylic acids is 1. The minimum absolute atomic E-state index is 0.00300. The lowest BCUT2D eigenvalue weighted by atomic mass is 9.56. The van der Waals surface area contributed by atoms with Crippen molar-refractivity contribution in [2.75, 3.05) is 19.0 Å². The summed E-state index contributed by atoms with van der Waals surface area (Å²) < 4.78 is 5.55. The lowest BCUT2D eigenvalue weighted by molar-refractivity contribution is -0.118. The van der Waals surface area contributed by atoms with Gasteiger partial charge in [0.1, 0.15) is 5.75 Å². The fourth-order valence-corrected chi connectivity index (χ4v) is 9.82. The second-order valence-corrected chi connectivity index (χ2v) is 16.0. The minimum Gasteiger partial charge on any atom is -0.495 e. The van der Waals surface area contributed by atoms with Gasteiger partial charge in [0.05, 0.1) is 24.4 Å². The summed E-state index contributed by atoms with van der Waals surface area (Å²) in [5.41, 5.74) is 4.23. The third-order valence-corrected chi connectivity index (χ3v) is 12.7. The van der Waals surface area contributed by atoms with Crippen LogP contribution in [0.4, 0.5) is 5.69 Å². The Hall–Kier alpha value is -4.71. The van der Waals surface area contributed by atoms with Gasteiger partial charge in [-0.1, -0.05) is 79.0 Å². The Balaban J connectivity index is 1.22.